The highest BCUT2D eigenvalue weighted by molar-refractivity contribution is 7.92. The van der Waals surface area contributed by atoms with Gasteiger partial charge in [-0.15, -0.1) is 0 Å². The molecule has 0 spiro atoms. The van der Waals surface area contributed by atoms with E-state index in [2.05, 4.69) is 20.0 Å². The number of anilines is 2. The molecule has 7 nitrogen and oxygen atoms in total. The average Bonchev–Trinajstić information content (AvgIpc) is 2.67. The molecule has 0 aliphatic rings. The number of benzene rings is 2. The Kier molecular flexibility index (Phi) is 6.27. The third-order valence-electron chi connectivity index (χ3n) is 4.14. The van der Waals surface area contributed by atoms with E-state index in [0.29, 0.717) is 17.1 Å². The maximum Gasteiger partial charge on any atom is 0.264 e. The second-order valence-corrected chi connectivity index (χ2v) is 8.52. The second kappa shape index (κ2) is 8.87. The van der Waals surface area contributed by atoms with Gasteiger partial charge in [-0.05, 0) is 62.7 Å². The molecule has 2 N–H and O–H groups in total. The lowest BCUT2D eigenvalue weighted by Crippen LogP contribution is -2.16. The van der Waals surface area contributed by atoms with Crippen molar-refractivity contribution in [1.82, 2.24) is 9.97 Å². The van der Waals surface area contributed by atoms with Gasteiger partial charge in [0, 0.05) is 23.2 Å². The number of rotatable bonds is 6. The summed E-state index contributed by atoms with van der Waals surface area (Å²) < 4.78 is 27.5. The molecule has 1 aromatic heterocycles. The number of hydrogen-bond donors (Lipinski definition) is 2. The fourth-order valence-corrected chi connectivity index (χ4v) is 3.65. The van der Waals surface area contributed by atoms with Crippen LogP contribution in [0, 0.1) is 20.8 Å². The third kappa shape index (κ3) is 5.74. The van der Waals surface area contributed by atoms with Gasteiger partial charge in [-0.25, -0.2) is 23.1 Å². The largest absolute Gasteiger partial charge is 0.323 e. The first-order valence-corrected chi connectivity index (χ1v) is 10.7. The summed E-state index contributed by atoms with van der Waals surface area (Å²) in [5.74, 6) is -0.293. The number of carbonyl (C=O) groups excluding carboxylic acids is 1. The number of hydrogen-bond acceptors (Lipinski definition) is 5. The third-order valence-corrected chi connectivity index (χ3v) is 5.49. The van der Waals surface area contributed by atoms with Gasteiger partial charge in [0.1, 0.15) is 0 Å². The molecule has 0 aliphatic heterocycles. The van der Waals surface area contributed by atoms with Gasteiger partial charge >= 0.3 is 0 Å². The van der Waals surface area contributed by atoms with Gasteiger partial charge in [0.05, 0.1) is 4.90 Å². The number of aryl methyl sites for hydroxylation is 3. The Morgan fingerprint density at radius 3 is 2.10 bits per heavy atom. The number of nitrogens with one attached hydrogen (secondary N) is 2. The van der Waals surface area contributed by atoms with Gasteiger partial charge in [0.15, 0.2) is 0 Å². The normalized spacial score (nSPS) is 11.4. The zero-order valence-corrected chi connectivity index (χ0v) is 17.7. The molecule has 0 fully saturated rings. The summed E-state index contributed by atoms with van der Waals surface area (Å²) in [5, 5.41) is 2.70. The molecular weight excluding hydrogens is 400 g/mol. The average molecular weight is 423 g/mol. The first-order valence-electron chi connectivity index (χ1n) is 9.22. The minimum absolute atomic E-state index is 0.0196. The molecule has 0 unspecified atom stereocenters. The molecule has 1 amide bonds. The van der Waals surface area contributed by atoms with Crippen molar-refractivity contribution in [3.8, 4) is 0 Å². The highest BCUT2D eigenvalue weighted by atomic mass is 32.2. The van der Waals surface area contributed by atoms with Crippen molar-refractivity contribution in [2.75, 3.05) is 10.0 Å². The second-order valence-electron chi connectivity index (χ2n) is 6.84. The van der Waals surface area contributed by atoms with E-state index in [1.54, 1.807) is 26.0 Å². The van der Waals surface area contributed by atoms with E-state index in [9.17, 15) is 13.2 Å². The zero-order chi connectivity index (χ0) is 21.7. The summed E-state index contributed by atoms with van der Waals surface area (Å²) in [6.45, 7) is 5.52. The van der Waals surface area contributed by atoms with Crippen molar-refractivity contribution in [2.45, 2.75) is 25.7 Å². The highest BCUT2D eigenvalue weighted by Crippen LogP contribution is 2.17. The van der Waals surface area contributed by atoms with Crippen molar-refractivity contribution in [3.05, 3.63) is 83.2 Å². The Bertz CT molecular complexity index is 1170. The Morgan fingerprint density at radius 2 is 1.50 bits per heavy atom. The highest BCUT2D eigenvalue weighted by Gasteiger charge is 2.16. The number of nitrogens with zero attached hydrogens (tertiary/aromatic N) is 2. The number of carbonyl (C=O) groups is 1. The quantitative estimate of drug-likeness (QED) is 0.588. The molecule has 3 aromatic rings. The van der Waals surface area contributed by atoms with E-state index < -0.39 is 10.0 Å². The van der Waals surface area contributed by atoms with Gasteiger partial charge in [-0.2, -0.15) is 0 Å². The van der Waals surface area contributed by atoms with Crippen LogP contribution in [0.15, 0.2) is 65.6 Å². The summed E-state index contributed by atoms with van der Waals surface area (Å²) in [6, 6.07) is 15.4. The Labute approximate surface area is 176 Å². The van der Waals surface area contributed by atoms with E-state index >= 15 is 0 Å². The molecule has 0 bridgehead atoms. The van der Waals surface area contributed by atoms with Crippen LogP contribution in [-0.4, -0.2) is 24.3 Å². The number of amides is 1. The predicted molar refractivity (Wildman–Crippen MR) is 118 cm³/mol. The molecule has 8 heteroatoms. The van der Waals surface area contributed by atoms with Crippen molar-refractivity contribution in [2.24, 2.45) is 0 Å². The molecule has 3 rings (SSSR count). The minimum Gasteiger partial charge on any atom is -0.323 e. The molecule has 154 valence electrons. The van der Waals surface area contributed by atoms with Crippen molar-refractivity contribution >= 4 is 33.6 Å². The lowest BCUT2D eigenvalue weighted by Gasteiger charge is -2.09. The van der Waals surface area contributed by atoms with E-state index in [-0.39, 0.29) is 16.8 Å². The van der Waals surface area contributed by atoms with Crippen LogP contribution in [0.25, 0.3) is 6.08 Å². The molecule has 0 radical (unpaired) electrons. The van der Waals surface area contributed by atoms with Crippen LogP contribution >= 0.6 is 0 Å². The Balaban J connectivity index is 1.66. The van der Waals surface area contributed by atoms with Crippen molar-refractivity contribution in [3.63, 3.8) is 0 Å². The number of aromatic nitrogens is 2. The molecular formula is C22H22N4O3S. The SMILES string of the molecule is Cc1ccc(/C=C\C(=O)Nc2ccc(S(=O)(=O)Nc3nc(C)cc(C)n3)cc2)cc1. The van der Waals surface area contributed by atoms with E-state index in [0.717, 1.165) is 11.1 Å². The van der Waals surface area contributed by atoms with Crippen LogP contribution in [0.5, 0.6) is 0 Å². The van der Waals surface area contributed by atoms with Crippen LogP contribution in [0.1, 0.15) is 22.5 Å². The molecule has 1 heterocycles. The van der Waals surface area contributed by atoms with Gasteiger partial charge < -0.3 is 5.32 Å². The summed E-state index contributed by atoms with van der Waals surface area (Å²) >= 11 is 0. The van der Waals surface area contributed by atoms with Gasteiger partial charge in [0.25, 0.3) is 10.0 Å². The van der Waals surface area contributed by atoms with Crippen LogP contribution in [0.4, 0.5) is 11.6 Å². The van der Waals surface area contributed by atoms with Crippen molar-refractivity contribution < 1.29 is 13.2 Å². The molecule has 30 heavy (non-hydrogen) atoms. The fraction of sp³-hybridized carbons (Fsp3) is 0.136. The van der Waals surface area contributed by atoms with Gasteiger partial charge in [0.2, 0.25) is 11.9 Å². The summed E-state index contributed by atoms with van der Waals surface area (Å²) in [5.41, 5.74) is 3.87. The van der Waals surface area contributed by atoms with Crippen LogP contribution in [-0.2, 0) is 14.8 Å². The standard InChI is InChI=1S/C22H22N4O3S/c1-15-4-6-18(7-5-15)8-13-21(27)25-19-9-11-20(12-10-19)30(28,29)26-22-23-16(2)14-17(3)24-22/h4-14H,1-3H3,(H,25,27)(H,23,24,26)/b13-8-. The van der Waals surface area contributed by atoms with E-state index in [1.165, 1.54) is 30.3 Å². The predicted octanol–water partition coefficient (Wildman–Crippen LogP) is 3.85. The maximum atomic E-state index is 12.6. The van der Waals surface area contributed by atoms with E-state index in [1.807, 2.05) is 31.2 Å². The Hall–Kier alpha value is -3.52. The van der Waals surface area contributed by atoms with Gasteiger partial charge in [-0.3, -0.25) is 4.79 Å². The van der Waals surface area contributed by atoms with Crippen LogP contribution in [0.3, 0.4) is 0 Å². The number of sulfonamides is 1. The first kappa shape index (κ1) is 21.2. The smallest absolute Gasteiger partial charge is 0.264 e. The molecule has 0 saturated heterocycles. The minimum atomic E-state index is -3.84. The lowest BCUT2D eigenvalue weighted by molar-refractivity contribution is -0.111. The molecule has 0 atom stereocenters. The maximum absolute atomic E-state index is 12.6. The molecule has 0 saturated carbocycles. The Morgan fingerprint density at radius 1 is 0.900 bits per heavy atom. The first-order chi connectivity index (χ1) is 14.2. The monoisotopic (exact) mass is 422 g/mol. The fourth-order valence-electron chi connectivity index (χ4n) is 2.70. The van der Waals surface area contributed by atoms with Gasteiger partial charge in [-0.1, -0.05) is 29.8 Å². The lowest BCUT2D eigenvalue weighted by atomic mass is 10.1. The van der Waals surface area contributed by atoms with E-state index in [4.69, 9.17) is 0 Å². The topological polar surface area (TPSA) is 101 Å². The summed E-state index contributed by atoms with van der Waals surface area (Å²) in [7, 11) is -3.84. The van der Waals surface area contributed by atoms with Crippen LogP contribution in [0.2, 0.25) is 0 Å². The molecule has 0 aliphatic carbocycles. The molecule has 2 aromatic carbocycles. The van der Waals surface area contributed by atoms with Crippen molar-refractivity contribution in [1.29, 1.82) is 0 Å². The summed E-state index contributed by atoms with van der Waals surface area (Å²) in [4.78, 5) is 20.3. The zero-order valence-electron chi connectivity index (χ0n) is 16.9. The summed E-state index contributed by atoms with van der Waals surface area (Å²) in [6.07, 6.45) is 3.13. The van der Waals surface area contributed by atoms with Crippen LogP contribution < -0.4 is 10.0 Å².